The average Bonchev–Trinajstić information content (AvgIpc) is 2.69. The minimum Gasteiger partial charge on any atom is -0.472 e. The van der Waals surface area contributed by atoms with E-state index in [2.05, 4.69) is 0 Å². The van der Waals surface area contributed by atoms with Crippen molar-refractivity contribution in [2.24, 2.45) is 0 Å². The number of nitrogens with zero attached hydrogens (tertiary/aromatic N) is 1. The number of hydrogen-bond acceptors (Lipinski definition) is 4. The molecule has 0 atom stereocenters. The molecule has 0 saturated heterocycles. The van der Waals surface area contributed by atoms with Crippen molar-refractivity contribution in [2.75, 3.05) is 11.6 Å². The molecule has 0 amide bonds. The van der Waals surface area contributed by atoms with Gasteiger partial charge in [0.2, 0.25) is 0 Å². The Morgan fingerprint density at radius 2 is 1.86 bits per heavy atom. The first kappa shape index (κ1) is 17.2. The molecule has 0 spiro atoms. The number of rotatable bonds is 1. The van der Waals surface area contributed by atoms with Gasteiger partial charge in [-0.1, -0.05) is 0 Å². The maximum absolute atomic E-state index is 14.2. The Bertz CT molecular complexity index is 1170. The van der Waals surface area contributed by atoms with Crippen LogP contribution in [0.1, 0.15) is 35.1 Å². The third-order valence-electron chi connectivity index (χ3n) is 5.75. The van der Waals surface area contributed by atoms with Crippen LogP contribution in [0, 0.1) is 18.6 Å². The monoisotopic (exact) mass is 383 g/mol. The summed E-state index contributed by atoms with van der Waals surface area (Å²) in [5.74, 6) is -0.554. The van der Waals surface area contributed by atoms with Crippen molar-refractivity contribution in [3.05, 3.63) is 68.6 Å². The summed E-state index contributed by atoms with van der Waals surface area (Å²) in [6.07, 6.45) is 3.64. The molecule has 2 aliphatic rings. The number of benzene rings is 2. The van der Waals surface area contributed by atoms with Gasteiger partial charge in [0.05, 0.1) is 5.69 Å². The predicted octanol–water partition coefficient (Wildman–Crippen LogP) is 4.61. The molecule has 0 bridgehead atoms. The fraction of sp³-hybridized carbons (Fsp3) is 0.318. The summed E-state index contributed by atoms with van der Waals surface area (Å²) in [4.78, 5) is 14.1. The predicted molar refractivity (Wildman–Crippen MR) is 102 cm³/mol. The van der Waals surface area contributed by atoms with Gasteiger partial charge in [0.25, 0.3) is 0 Å². The normalized spacial score (nSPS) is 15.9. The zero-order valence-corrected chi connectivity index (χ0v) is 15.5. The zero-order chi connectivity index (χ0) is 19.4. The number of fused-ring (bicyclic) bond motifs is 4. The molecule has 6 heteroatoms. The maximum atomic E-state index is 14.2. The third-order valence-corrected chi connectivity index (χ3v) is 5.75. The van der Waals surface area contributed by atoms with Gasteiger partial charge in [0, 0.05) is 34.7 Å². The highest BCUT2D eigenvalue weighted by atomic mass is 19.1. The standard InChI is InChI=1S/C22H19F2NO3/c1-12-20-13(10-25(11-27-20)19-7-6-14(23)9-18(19)24)8-17-15-4-2-3-5-16(15)22(26)28-21(12)17/h6-9H,2-5,10-11H2,1H3. The molecule has 0 unspecified atom stereocenters. The maximum Gasteiger partial charge on any atom is 0.339 e. The molecule has 28 heavy (non-hydrogen) atoms. The quantitative estimate of drug-likeness (QED) is 0.576. The summed E-state index contributed by atoms with van der Waals surface area (Å²) in [6, 6.07) is 5.54. The van der Waals surface area contributed by atoms with E-state index in [0.717, 1.165) is 59.4 Å². The first-order valence-electron chi connectivity index (χ1n) is 9.47. The summed E-state index contributed by atoms with van der Waals surface area (Å²) in [6.45, 7) is 2.45. The molecular weight excluding hydrogens is 364 g/mol. The molecule has 2 aromatic carbocycles. The van der Waals surface area contributed by atoms with Crippen LogP contribution < -0.4 is 15.3 Å². The Labute approximate surface area is 160 Å². The van der Waals surface area contributed by atoms with Crippen LogP contribution in [0.15, 0.2) is 33.5 Å². The van der Waals surface area contributed by atoms with Crippen LogP contribution in [-0.4, -0.2) is 6.73 Å². The second-order valence-corrected chi connectivity index (χ2v) is 7.49. The summed E-state index contributed by atoms with van der Waals surface area (Å²) < 4.78 is 39.0. The van der Waals surface area contributed by atoms with Crippen molar-refractivity contribution in [1.82, 2.24) is 0 Å². The molecular formula is C22H19F2NO3. The zero-order valence-electron chi connectivity index (χ0n) is 15.5. The fourth-order valence-electron chi connectivity index (χ4n) is 4.39. The molecule has 1 aliphatic heterocycles. The molecule has 1 aliphatic carbocycles. The van der Waals surface area contributed by atoms with Crippen molar-refractivity contribution in [2.45, 2.75) is 39.2 Å². The number of aryl methyl sites for hydroxylation is 2. The van der Waals surface area contributed by atoms with E-state index >= 15 is 0 Å². The van der Waals surface area contributed by atoms with Crippen LogP contribution in [0.2, 0.25) is 0 Å². The van der Waals surface area contributed by atoms with E-state index in [4.69, 9.17) is 9.15 Å². The van der Waals surface area contributed by atoms with Gasteiger partial charge in [0.1, 0.15) is 23.0 Å². The molecule has 0 N–H and O–H groups in total. The van der Waals surface area contributed by atoms with Gasteiger partial charge < -0.3 is 14.1 Å². The van der Waals surface area contributed by atoms with Crippen molar-refractivity contribution in [3.8, 4) is 5.75 Å². The van der Waals surface area contributed by atoms with Crippen LogP contribution in [-0.2, 0) is 19.4 Å². The van der Waals surface area contributed by atoms with E-state index in [9.17, 15) is 13.6 Å². The number of ether oxygens (including phenoxy) is 1. The highest BCUT2D eigenvalue weighted by Crippen LogP contribution is 2.39. The minimum absolute atomic E-state index is 0.136. The number of halogens is 2. The minimum atomic E-state index is -0.618. The lowest BCUT2D eigenvalue weighted by Gasteiger charge is -2.32. The van der Waals surface area contributed by atoms with Gasteiger partial charge >= 0.3 is 5.63 Å². The highest BCUT2D eigenvalue weighted by molar-refractivity contribution is 5.87. The smallest absolute Gasteiger partial charge is 0.339 e. The molecule has 5 rings (SSSR count). The summed E-state index contributed by atoms with van der Waals surface area (Å²) in [5, 5.41) is 0.940. The molecule has 2 heterocycles. The topological polar surface area (TPSA) is 42.7 Å². The van der Waals surface area contributed by atoms with Gasteiger partial charge in [-0.05, 0) is 56.4 Å². The van der Waals surface area contributed by atoms with E-state index in [1.54, 1.807) is 4.90 Å². The third kappa shape index (κ3) is 2.58. The SMILES string of the molecule is Cc1c2c(cc3c4c(c(=O)oc13)CCCC4)CN(c1ccc(F)cc1F)CO2. The van der Waals surface area contributed by atoms with E-state index in [1.165, 1.54) is 12.1 Å². The lowest BCUT2D eigenvalue weighted by atomic mass is 9.89. The highest BCUT2D eigenvalue weighted by Gasteiger charge is 2.26. The summed E-state index contributed by atoms with van der Waals surface area (Å²) in [7, 11) is 0. The molecule has 0 saturated carbocycles. The van der Waals surface area contributed by atoms with Crippen LogP contribution in [0.3, 0.4) is 0 Å². The first-order valence-corrected chi connectivity index (χ1v) is 9.47. The molecule has 1 aromatic heterocycles. The number of hydrogen-bond donors (Lipinski definition) is 0. The Morgan fingerprint density at radius 1 is 1.07 bits per heavy atom. The summed E-state index contributed by atoms with van der Waals surface area (Å²) in [5.41, 5.74) is 4.15. The van der Waals surface area contributed by atoms with Gasteiger partial charge in [0.15, 0.2) is 6.73 Å². The molecule has 144 valence electrons. The first-order chi connectivity index (χ1) is 13.5. The largest absolute Gasteiger partial charge is 0.472 e. The average molecular weight is 383 g/mol. The second kappa shape index (κ2) is 6.33. The van der Waals surface area contributed by atoms with Crippen molar-refractivity contribution < 1.29 is 17.9 Å². The van der Waals surface area contributed by atoms with E-state index in [0.29, 0.717) is 23.6 Å². The van der Waals surface area contributed by atoms with Gasteiger partial charge in [-0.2, -0.15) is 0 Å². The van der Waals surface area contributed by atoms with Crippen LogP contribution in [0.4, 0.5) is 14.5 Å². The lowest BCUT2D eigenvalue weighted by Crippen LogP contribution is -2.33. The lowest BCUT2D eigenvalue weighted by molar-refractivity contribution is 0.285. The van der Waals surface area contributed by atoms with Crippen molar-refractivity contribution >= 4 is 16.7 Å². The van der Waals surface area contributed by atoms with E-state index in [-0.39, 0.29) is 12.4 Å². The molecule has 4 nitrogen and oxygen atoms in total. The van der Waals surface area contributed by atoms with E-state index in [1.807, 2.05) is 13.0 Å². The Morgan fingerprint density at radius 3 is 2.64 bits per heavy atom. The fourth-order valence-corrected chi connectivity index (χ4v) is 4.39. The van der Waals surface area contributed by atoms with Crippen LogP contribution in [0.25, 0.3) is 11.0 Å². The Kier molecular flexibility index (Phi) is 3.89. The Balaban J connectivity index is 1.64. The molecule has 0 fully saturated rings. The number of anilines is 1. The van der Waals surface area contributed by atoms with Crippen molar-refractivity contribution in [3.63, 3.8) is 0 Å². The second-order valence-electron chi connectivity index (χ2n) is 7.49. The van der Waals surface area contributed by atoms with Crippen LogP contribution in [0.5, 0.6) is 5.75 Å². The van der Waals surface area contributed by atoms with Gasteiger partial charge in [-0.15, -0.1) is 0 Å². The van der Waals surface area contributed by atoms with Gasteiger partial charge in [-0.3, -0.25) is 0 Å². The van der Waals surface area contributed by atoms with E-state index < -0.39 is 11.6 Å². The van der Waals surface area contributed by atoms with Gasteiger partial charge in [-0.25, -0.2) is 13.6 Å². The Hall–Kier alpha value is -2.89. The van der Waals surface area contributed by atoms with Crippen LogP contribution >= 0.6 is 0 Å². The molecule has 3 aromatic rings. The van der Waals surface area contributed by atoms with Crippen molar-refractivity contribution in [1.29, 1.82) is 0 Å². The molecule has 0 radical (unpaired) electrons. The summed E-state index contributed by atoms with van der Waals surface area (Å²) >= 11 is 0.